The lowest BCUT2D eigenvalue weighted by atomic mass is 10.1. The Labute approximate surface area is 186 Å². The van der Waals surface area contributed by atoms with Crippen molar-refractivity contribution in [2.24, 2.45) is 0 Å². The maximum Gasteiger partial charge on any atom is 0.229 e. The molecule has 3 aromatic heterocycles. The fourth-order valence-corrected chi connectivity index (χ4v) is 4.64. The van der Waals surface area contributed by atoms with Crippen LogP contribution in [0.15, 0.2) is 54.7 Å². The Morgan fingerprint density at radius 1 is 0.844 bits per heavy atom. The third kappa shape index (κ3) is 3.67. The molecule has 8 nitrogen and oxygen atoms in total. The molecule has 4 aromatic rings. The average Bonchev–Trinajstić information content (AvgIpc) is 3.26. The Morgan fingerprint density at radius 2 is 1.69 bits per heavy atom. The van der Waals surface area contributed by atoms with Crippen molar-refractivity contribution in [1.82, 2.24) is 30.0 Å². The molecular formula is C24H26N8. The van der Waals surface area contributed by atoms with Gasteiger partial charge in [0.25, 0.3) is 0 Å². The maximum atomic E-state index is 5.06. The largest absolute Gasteiger partial charge is 0.351 e. The molecule has 32 heavy (non-hydrogen) atoms. The summed E-state index contributed by atoms with van der Waals surface area (Å²) in [4.78, 5) is 21.5. The van der Waals surface area contributed by atoms with Gasteiger partial charge in [0.1, 0.15) is 5.82 Å². The minimum absolute atomic E-state index is 0.792. The second kappa shape index (κ2) is 8.20. The van der Waals surface area contributed by atoms with Gasteiger partial charge >= 0.3 is 0 Å². The highest BCUT2D eigenvalue weighted by Gasteiger charge is 2.27. The number of piperazine rings is 1. The molecule has 162 valence electrons. The number of hydrogen-bond acceptors (Lipinski definition) is 7. The van der Waals surface area contributed by atoms with Crippen LogP contribution in [0.1, 0.15) is 17.0 Å². The number of hydrogen-bond donors (Lipinski definition) is 1. The lowest BCUT2D eigenvalue weighted by Gasteiger charge is -2.35. The number of H-pyrrole nitrogens is 1. The van der Waals surface area contributed by atoms with Crippen LogP contribution in [0, 0.1) is 0 Å². The van der Waals surface area contributed by atoms with Crippen LogP contribution in [0.5, 0.6) is 0 Å². The van der Waals surface area contributed by atoms with E-state index in [9.17, 15) is 0 Å². The number of nitrogens with one attached hydrogen (secondary N) is 1. The molecule has 2 aliphatic rings. The summed E-state index contributed by atoms with van der Waals surface area (Å²) in [6.45, 7) is 6.37. The summed E-state index contributed by atoms with van der Waals surface area (Å²) in [5, 5.41) is 8.75. The van der Waals surface area contributed by atoms with Crippen molar-refractivity contribution < 1.29 is 0 Å². The van der Waals surface area contributed by atoms with Crippen LogP contribution in [0.4, 0.5) is 11.8 Å². The van der Waals surface area contributed by atoms with E-state index in [0.717, 1.165) is 86.4 Å². The van der Waals surface area contributed by atoms with Gasteiger partial charge in [-0.2, -0.15) is 15.1 Å². The van der Waals surface area contributed by atoms with E-state index in [1.54, 1.807) is 0 Å². The van der Waals surface area contributed by atoms with Gasteiger partial charge in [-0.25, -0.2) is 0 Å². The number of benzene rings is 1. The number of rotatable bonds is 5. The van der Waals surface area contributed by atoms with Gasteiger partial charge < -0.3 is 9.80 Å². The number of anilines is 2. The van der Waals surface area contributed by atoms with Crippen LogP contribution in [-0.4, -0.2) is 62.8 Å². The Bertz CT molecular complexity index is 1200. The highest BCUT2D eigenvalue weighted by molar-refractivity contribution is 5.91. The van der Waals surface area contributed by atoms with E-state index in [1.807, 2.05) is 18.3 Å². The van der Waals surface area contributed by atoms with Crippen molar-refractivity contribution in [2.45, 2.75) is 19.5 Å². The second-order valence-electron chi connectivity index (χ2n) is 8.48. The summed E-state index contributed by atoms with van der Waals surface area (Å²) < 4.78 is 0. The molecule has 0 amide bonds. The number of nitrogens with zero attached hydrogens (tertiary/aromatic N) is 7. The minimum atomic E-state index is 0.792. The Balaban J connectivity index is 1.23. The number of aromatic amines is 1. The van der Waals surface area contributed by atoms with Crippen LogP contribution in [0.2, 0.25) is 0 Å². The average molecular weight is 427 g/mol. The molecule has 1 fully saturated rings. The number of pyridine rings is 1. The molecule has 0 aliphatic carbocycles. The summed E-state index contributed by atoms with van der Waals surface area (Å²) >= 11 is 0. The number of aromatic nitrogens is 5. The van der Waals surface area contributed by atoms with E-state index >= 15 is 0 Å². The zero-order chi connectivity index (χ0) is 21.3. The van der Waals surface area contributed by atoms with Gasteiger partial charge in [-0.3, -0.25) is 15.0 Å². The van der Waals surface area contributed by atoms with Crippen LogP contribution < -0.4 is 9.80 Å². The van der Waals surface area contributed by atoms with Gasteiger partial charge in [-0.1, -0.05) is 36.4 Å². The Kier molecular flexibility index (Phi) is 4.92. The molecule has 0 atom stereocenters. The molecular weight excluding hydrogens is 400 g/mol. The predicted octanol–water partition coefficient (Wildman–Crippen LogP) is 2.63. The van der Waals surface area contributed by atoms with Crippen LogP contribution >= 0.6 is 0 Å². The van der Waals surface area contributed by atoms with Crippen molar-refractivity contribution in [3.8, 4) is 0 Å². The summed E-state index contributed by atoms with van der Waals surface area (Å²) in [6, 6.07) is 16.7. The monoisotopic (exact) mass is 426 g/mol. The van der Waals surface area contributed by atoms with E-state index in [1.165, 1.54) is 5.56 Å². The standard InChI is InChI=1S/C24H26N8/c1-2-6-18(7-3-1)16-32-11-9-20-21-22(29-28-20)26-24(27-23(21)32)31-14-12-30(13-15-31)17-19-8-4-5-10-25-19/h1-8,10H,9,11-17H2,(H,26,27,28,29). The lowest BCUT2D eigenvalue weighted by molar-refractivity contribution is 0.246. The fraction of sp³-hybridized carbons (Fsp3) is 0.333. The van der Waals surface area contributed by atoms with E-state index < -0.39 is 0 Å². The highest BCUT2D eigenvalue weighted by atomic mass is 15.4. The van der Waals surface area contributed by atoms with Gasteiger partial charge in [0, 0.05) is 58.4 Å². The molecule has 1 saturated heterocycles. The molecule has 6 rings (SSSR count). The van der Waals surface area contributed by atoms with Crippen LogP contribution in [-0.2, 0) is 19.5 Å². The maximum absolute atomic E-state index is 5.06. The normalized spacial score (nSPS) is 16.6. The first kappa shape index (κ1) is 19.2. The van der Waals surface area contributed by atoms with E-state index in [4.69, 9.17) is 9.97 Å². The molecule has 1 N–H and O–H groups in total. The Hall–Kier alpha value is -3.52. The molecule has 0 radical (unpaired) electrons. The smallest absolute Gasteiger partial charge is 0.229 e. The molecule has 0 spiro atoms. The van der Waals surface area contributed by atoms with Crippen molar-refractivity contribution in [2.75, 3.05) is 42.5 Å². The third-order valence-electron chi connectivity index (χ3n) is 6.36. The van der Waals surface area contributed by atoms with Crippen molar-refractivity contribution in [3.63, 3.8) is 0 Å². The first-order valence-electron chi connectivity index (χ1n) is 11.2. The highest BCUT2D eigenvalue weighted by Crippen LogP contribution is 2.33. The van der Waals surface area contributed by atoms with Gasteiger partial charge in [0.15, 0.2) is 5.65 Å². The van der Waals surface area contributed by atoms with E-state index in [0.29, 0.717) is 0 Å². The van der Waals surface area contributed by atoms with Crippen molar-refractivity contribution >= 4 is 22.8 Å². The van der Waals surface area contributed by atoms with Crippen LogP contribution in [0.3, 0.4) is 0 Å². The molecule has 8 heteroatoms. The minimum Gasteiger partial charge on any atom is -0.351 e. The first-order chi connectivity index (χ1) is 15.8. The SMILES string of the molecule is c1ccc(CN2CCc3n[nH]c4nc(N5CCN(Cc6ccccn6)CC5)nc2c34)cc1. The summed E-state index contributed by atoms with van der Waals surface area (Å²) in [5.41, 5.74) is 4.32. The fourth-order valence-electron chi connectivity index (χ4n) is 4.64. The Morgan fingerprint density at radius 3 is 2.50 bits per heavy atom. The quantitative estimate of drug-likeness (QED) is 0.526. The molecule has 0 bridgehead atoms. The van der Waals surface area contributed by atoms with Crippen molar-refractivity contribution in [1.29, 1.82) is 0 Å². The molecule has 0 saturated carbocycles. The second-order valence-corrected chi connectivity index (χ2v) is 8.48. The van der Waals surface area contributed by atoms with Gasteiger partial charge in [0.05, 0.1) is 16.8 Å². The summed E-state index contributed by atoms with van der Waals surface area (Å²) in [6.07, 6.45) is 2.77. The summed E-state index contributed by atoms with van der Waals surface area (Å²) in [5.74, 6) is 1.79. The zero-order valence-electron chi connectivity index (χ0n) is 18.0. The van der Waals surface area contributed by atoms with Crippen molar-refractivity contribution in [3.05, 3.63) is 71.7 Å². The van der Waals surface area contributed by atoms with Gasteiger partial charge in [0.2, 0.25) is 5.95 Å². The van der Waals surface area contributed by atoms with E-state index in [2.05, 4.69) is 66.3 Å². The molecule has 2 aliphatic heterocycles. The van der Waals surface area contributed by atoms with E-state index in [-0.39, 0.29) is 0 Å². The molecule has 5 heterocycles. The van der Waals surface area contributed by atoms with Gasteiger partial charge in [-0.15, -0.1) is 0 Å². The van der Waals surface area contributed by atoms with Crippen LogP contribution in [0.25, 0.3) is 11.0 Å². The summed E-state index contributed by atoms with van der Waals surface area (Å²) in [7, 11) is 0. The first-order valence-corrected chi connectivity index (χ1v) is 11.2. The third-order valence-corrected chi connectivity index (χ3v) is 6.36. The topological polar surface area (TPSA) is 77.1 Å². The predicted molar refractivity (Wildman–Crippen MR) is 125 cm³/mol. The van der Waals surface area contributed by atoms with Gasteiger partial charge in [-0.05, 0) is 17.7 Å². The zero-order valence-corrected chi connectivity index (χ0v) is 18.0. The lowest BCUT2D eigenvalue weighted by Crippen LogP contribution is -2.46. The molecule has 0 unspecified atom stereocenters. The molecule has 1 aromatic carbocycles.